The summed E-state index contributed by atoms with van der Waals surface area (Å²) in [5, 5.41) is 30.9. The second kappa shape index (κ2) is 9.88. The molecule has 3 aromatic carbocycles. The number of nitrogens with zero attached hydrogens (tertiary/aromatic N) is 2. The van der Waals surface area contributed by atoms with E-state index in [0.717, 1.165) is 0 Å². The summed E-state index contributed by atoms with van der Waals surface area (Å²) in [4.78, 5) is 24.3. The van der Waals surface area contributed by atoms with Gasteiger partial charge < -0.3 is 15.5 Å². The van der Waals surface area contributed by atoms with Crippen LogP contribution in [0.25, 0.3) is 5.76 Å². The first-order chi connectivity index (χ1) is 14.9. The Kier molecular flexibility index (Phi) is 7.02. The number of aliphatic hydroxyl groups excluding tert-OH is 1. The largest absolute Gasteiger partial charge is 0.505 e. The van der Waals surface area contributed by atoms with Gasteiger partial charge in [0.25, 0.3) is 5.91 Å². The normalized spacial score (nSPS) is 11.8. The van der Waals surface area contributed by atoms with Crippen LogP contribution in [-0.2, 0) is 4.79 Å². The number of anilines is 1. The molecule has 0 heterocycles. The predicted molar refractivity (Wildman–Crippen MR) is 119 cm³/mol. The lowest BCUT2D eigenvalue weighted by atomic mass is 10.1. The molecule has 0 spiro atoms. The Morgan fingerprint density at radius 3 is 2.26 bits per heavy atom. The van der Waals surface area contributed by atoms with Gasteiger partial charge in [0.15, 0.2) is 11.5 Å². The summed E-state index contributed by atoms with van der Waals surface area (Å²) in [5.74, 6) is -2.47. The van der Waals surface area contributed by atoms with Crippen LogP contribution in [0.3, 0.4) is 0 Å². The van der Waals surface area contributed by atoms with Crippen LogP contribution in [-0.4, -0.2) is 22.1 Å². The van der Waals surface area contributed by atoms with E-state index in [0.29, 0.717) is 10.6 Å². The van der Waals surface area contributed by atoms with Gasteiger partial charge in [0.05, 0.1) is 16.3 Å². The van der Waals surface area contributed by atoms with Gasteiger partial charge in [-0.15, -0.1) is 10.2 Å². The molecule has 0 saturated heterocycles. The number of nitrogens with one attached hydrogen (secondary N) is 1. The van der Waals surface area contributed by atoms with Gasteiger partial charge in [-0.1, -0.05) is 65.7 Å². The molecule has 0 bridgehead atoms. The maximum absolute atomic E-state index is 12.9. The number of amides is 1. The van der Waals surface area contributed by atoms with Gasteiger partial charge in [-0.3, -0.25) is 4.79 Å². The minimum Gasteiger partial charge on any atom is -0.505 e. The van der Waals surface area contributed by atoms with E-state index in [1.165, 1.54) is 30.3 Å². The number of carboxylic acid groups (broad SMARTS) is 1. The Morgan fingerprint density at radius 2 is 1.55 bits per heavy atom. The van der Waals surface area contributed by atoms with Crippen LogP contribution in [0.1, 0.15) is 15.9 Å². The zero-order valence-electron chi connectivity index (χ0n) is 15.8. The summed E-state index contributed by atoms with van der Waals surface area (Å²) in [5.41, 5.74) is -0.0125. The summed E-state index contributed by atoms with van der Waals surface area (Å²) >= 11 is 12.1. The van der Waals surface area contributed by atoms with Crippen LogP contribution in [0.5, 0.6) is 0 Å². The smallest absolute Gasteiger partial charge is 0.337 e. The summed E-state index contributed by atoms with van der Waals surface area (Å²) in [6.07, 6.45) is 0. The highest BCUT2D eigenvalue weighted by atomic mass is 35.5. The molecule has 3 N–H and O–H groups in total. The first-order valence-electron chi connectivity index (χ1n) is 8.86. The number of carbonyl (C=O) groups excluding carboxylic acids is 1. The molecule has 0 aromatic heterocycles. The topological polar surface area (TPSA) is 111 Å². The third-order valence-corrected chi connectivity index (χ3v) is 4.62. The fourth-order valence-corrected chi connectivity index (χ4v) is 2.89. The van der Waals surface area contributed by atoms with Crippen molar-refractivity contribution in [1.82, 2.24) is 0 Å². The number of benzene rings is 3. The van der Waals surface area contributed by atoms with Crippen molar-refractivity contribution in [1.29, 1.82) is 0 Å². The molecule has 0 aliphatic heterocycles. The van der Waals surface area contributed by atoms with Crippen molar-refractivity contribution in [3.8, 4) is 0 Å². The molecule has 0 saturated carbocycles. The second-order valence-corrected chi connectivity index (χ2v) is 7.01. The first-order valence-corrected chi connectivity index (χ1v) is 9.61. The number of halogens is 2. The van der Waals surface area contributed by atoms with E-state index in [1.807, 2.05) is 0 Å². The minimum atomic E-state index is -1.21. The summed E-state index contributed by atoms with van der Waals surface area (Å²) < 4.78 is 0. The number of hydrogen-bond donors (Lipinski definition) is 3. The molecule has 0 aliphatic rings. The zero-order chi connectivity index (χ0) is 22.4. The molecule has 156 valence electrons. The Bertz CT molecular complexity index is 1190. The van der Waals surface area contributed by atoms with Crippen LogP contribution < -0.4 is 5.32 Å². The van der Waals surface area contributed by atoms with Crippen LogP contribution in [0, 0.1) is 0 Å². The molecule has 0 aliphatic carbocycles. The van der Waals surface area contributed by atoms with E-state index in [2.05, 4.69) is 15.5 Å². The molecule has 0 fully saturated rings. The number of azo groups is 1. The Labute approximate surface area is 187 Å². The number of rotatable bonds is 6. The molecule has 0 atom stereocenters. The third kappa shape index (κ3) is 5.48. The Balaban J connectivity index is 2.05. The number of carboxylic acids is 1. The highest BCUT2D eigenvalue weighted by Crippen LogP contribution is 2.28. The molecular formula is C22H15Cl2N3O4. The van der Waals surface area contributed by atoms with Gasteiger partial charge in [-0.05, 0) is 30.3 Å². The first kappa shape index (κ1) is 22.0. The van der Waals surface area contributed by atoms with E-state index in [4.69, 9.17) is 23.2 Å². The van der Waals surface area contributed by atoms with Crippen LogP contribution in [0.2, 0.25) is 10.0 Å². The molecule has 0 radical (unpaired) electrons. The Hall–Kier alpha value is -3.68. The fourth-order valence-electron chi connectivity index (χ4n) is 2.55. The van der Waals surface area contributed by atoms with Crippen molar-refractivity contribution < 1.29 is 19.8 Å². The average Bonchev–Trinajstić information content (AvgIpc) is 2.77. The third-order valence-electron chi connectivity index (χ3n) is 4.06. The Morgan fingerprint density at radius 1 is 0.871 bits per heavy atom. The van der Waals surface area contributed by atoms with Crippen molar-refractivity contribution in [2.45, 2.75) is 0 Å². The quantitative estimate of drug-likeness (QED) is 0.228. The van der Waals surface area contributed by atoms with E-state index < -0.39 is 23.3 Å². The fraction of sp³-hybridized carbons (Fsp3) is 0. The van der Waals surface area contributed by atoms with Gasteiger partial charge in [0.2, 0.25) is 0 Å². The predicted octanol–water partition coefficient (Wildman–Crippen LogP) is 6.34. The highest BCUT2D eigenvalue weighted by molar-refractivity contribution is 6.36. The van der Waals surface area contributed by atoms with Crippen molar-refractivity contribution in [2.24, 2.45) is 10.2 Å². The van der Waals surface area contributed by atoms with Crippen molar-refractivity contribution in [3.05, 3.63) is 99.7 Å². The van der Waals surface area contributed by atoms with Gasteiger partial charge in [-0.25, -0.2) is 4.79 Å². The molecule has 1 amide bonds. The van der Waals surface area contributed by atoms with Gasteiger partial charge in [0, 0.05) is 10.6 Å². The molecule has 3 rings (SSSR count). The van der Waals surface area contributed by atoms with Gasteiger partial charge in [0.1, 0.15) is 5.69 Å². The summed E-state index contributed by atoms with van der Waals surface area (Å²) in [6, 6.07) is 18.6. The van der Waals surface area contributed by atoms with E-state index in [1.54, 1.807) is 42.5 Å². The van der Waals surface area contributed by atoms with E-state index >= 15 is 0 Å². The second-order valence-electron chi connectivity index (χ2n) is 6.16. The van der Waals surface area contributed by atoms with Crippen molar-refractivity contribution in [2.75, 3.05) is 5.32 Å². The van der Waals surface area contributed by atoms with E-state index in [-0.39, 0.29) is 22.0 Å². The van der Waals surface area contributed by atoms with Crippen molar-refractivity contribution >= 4 is 52.2 Å². The lowest BCUT2D eigenvalue weighted by Crippen LogP contribution is -2.15. The number of aliphatic hydroxyl groups is 1. The molecule has 9 heteroatoms. The maximum Gasteiger partial charge on any atom is 0.337 e. The standard InChI is InChI=1S/C22H15Cl2N3O4/c23-14-10-11-16(24)18(12-14)25-21(29)19(20(28)13-6-2-1-3-7-13)27-26-17-9-5-4-8-15(17)22(30)31/h1-12,28H,(H,25,29)(H,30,31)/b20-19+,27-26?. The average molecular weight is 456 g/mol. The molecule has 3 aromatic rings. The number of aromatic carboxylic acids is 1. The number of hydrogen-bond acceptors (Lipinski definition) is 5. The molecular weight excluding hydrogens is 441 g/mol. The summed E-state index contributed by atoms with van der Waals surface area (Å²) in [7, 11) is 0. The maximum atomic E-state index is 12.9. The highest BCUT2D eigenvalue weighted by Gasteiger charge is 2.19. The van der Waals surface area contributed by atoms with Gasteiger partial charge in [-0.2, -0.15) is 0 Å². The zero-order valence-corrected chi connectivity index (χ0v) is 17.3. The molecule has 31 heavy (non-hydrogen) atoms. The monoisotopic (exact) mass is 455 g/mol. The van der Waals surface area contributed by atoms with Crippen LogP contribution in [0.15, 0.2) is 88.7 Å². The summed E-state index contributed by atoms with van der Waals surface area (Å²) in [6.45, 7) is 0. The van der Waals surface area contributed by atoms with Crippen molar-refractivity contribution in [3.63, 3.8) is 0 Å². The van der Waals surface area contributed by atoms with Crippen LogP contribution >= 0.6 is 23.2 Å². The lowest BCUT2D eigenvalue weighted by molar-refractivity contribution is -0.112. The van der Waals surface area contributed by atoms with Crippen LogP contribution in [0.4, 0.5) is 11.4 Å². The number of carbonyl (C=O) groups is 2. The lowest BCUT2D eigenvalue weighted by Gasteiger charge is -2.10. The van der Waals surface area contributed by atoms with E-state index in [9.17, 15) is 19.8 Å². The van der Waals surface area contributed by atoms with Gasteiger partial charge >= 0.3 is 5.97 Å². The minimum absolute atomic E-state index is 0.0157. The SMILES string of the molecule is O=C(Nc1cc(Cl)ccc1Cl)/C(N=Nc1ccccc1C(=O)O)=C(\O)c1ccccc1. The molecule has 7 nitrogen and oxygen atoms in total. The molecule has 0 unspecified atom stereocenters.